The molecule has 106 valence electrons. The summed E-state index contributed by atoms with van der Waals surface area (Å²) in [5.41, 5.74) is 7.67. The highest BCUT2D eigenvalue weighted by molar-refractivity contribution is 7.99. The lowest BCUT2D eigenvalue weighted by Crippen LogP contribution is -2.02. The van der Waals surface area contributed by atoms with Gasteiger partial charge in [-0.05, 0) is 42.1 Å². The number of hydrogen-bond donors (Lipinski definition) is 1. The Labute approximate surface area is 124 Å². The molecule has 0 radical (unpaired) electrons. The number of rotatable bonds is 3. The maximum Gasteiger partial charge on any atom is 0.337 e. The topological polar surface area (TPSA) is 82.5 Å². The van der Waals surface area contributed by atoms with E-state index >= 15 is 0 Å². The maximum atomic E-state index is 11.5. The molecule has 0 atom stereocenters. The summed E-state index contributed by atoms with van der Waals surface area (Å²) in [6, 6.07) is 10.7. The molecule has 21 heavy (non-hydrogen) atoms. The standard InChI is InChI=1S/C14H12N4O2S/c1-20-13(19)9-5-6-11(10(15)8-9)21-14-17-16-12-4-2-3-7-18(12)14/h2-8H,15H2,1H3. The Morgan fingerprint density at radius 1 is 1.29 bits per heavy atom. The lowest BCUT2D eigenvalue weighted by atomic mass is 10.2. The number of nitrogens with zero attached hydrogens (tertiary/aromatic N) is 3. The van der Waals surface area contributed by atoms with Gasteiger partial charge >= 0.3 is 5.97 Å². The number of ether oxygens (including phenoxy) is 1. The van der Waals surface area contributed by atoms with Crippen LogP contribution in [-0.4, -0.2) is 27.7 Å². The van der Waals surface area contributed by atoms with Crippen molar-refractivity contribution in [3.63, 3.8) is 0 Å². The zero-order valence-electron chi connectivity index (χ0n) is 11.2. The van der Waals surface area contributed by atoms with Gasteiger partial charge in [0.2, 0.25) is 0 Å². The second-order valence-electron chi connectivity index (χ2n) is 4.26. The van der Waals surface area contributed by atoms with Crippen molar-refractivity contribution >= 4 is 29.1 Å². The summed E-state index contributed by atoms with van der Waals surface area (Å²) < 4.78 is 6.54. The fraction of sp³-hybridized carbons (Fsp3) is 0.0714. The summed E-state index contributed by atoms with van der Waals surface area (Å²) in [6.07, 6.45) is 1.89. The average Bonchev–Trinajstić information content (AvgIpc) is 2.92. The lowest BCUT2D eigenvalue weighted by molar-refractivity contribution is 0.0600. The molecule has 3 aromatic rings. The highest BCUT2D eigenvalue weighted by atomic mass is 32.2. The lowest BCUT2D eigenvalue weighted by Gasteiger charge is -2.06. The molecule has 0 fully saturated rings. The molecule has 0 aliphatic heterocycles. The van der Waals surface area contributed by atoms with Crippen molar-refractivity contribution in [2.75, 3.05) is 12.8 Å². The Morgan fingerprint density at radius 3 is 2.90 bits per heavy atom. The maximum absolute atomic E-state index is 11.5. The first-order valence-corrected chi connectivity index (χ1v) is 6.96. The molecule has 0 saturated carbocycles. The van der Waals surface area contributed by atoms with E-state index in [1.54, 1.807) is 18.2 Å². The number of carbonyl (C=O) groups is 1. The van der Waals surface area contributed by atoms with E-state index in [4.69, 9.17) is 5.73 Å². The third kappa shape index (κ3) is 2.55. The van der Waals surface area contributed by atoms with Crippen LogP contribution in [0.1, 0.15) is 10.4 Å². The normalized spacial score (nSPS) is 10.7. The van der Waals surface area contributed by atoms with Crippen molar-refractivity contribution < 1.29 is 9.53 Å². The van der Waals surface area contributed by atoms with Crippen molar-refractivity contribution in [1.29, 1.82) is 0 Å². The first-order chi connectivity index (χ1) is 10.2. The van der Waals surface area contributed by atoms with Crippen LogP contribution in [0.5, 0.6) is 0 Å². The highest BCUT2D eigenvalue weighted by Gasteiger charge is 2.12. The van der Waals surface area contributed by atoms with Crippen LogP contribution in [0.2, 0.25) is 0 Å². The van der Waals surface area contributed by atoms with E-state index in [2.05, 4.69) is 14.9 Å². The van der Waals surface area contributed by atoms with E-state index in [9.17, 15) is 4.79 Å². The van der Waals surface area contributed by atoms with Crippen molar-refractivity contribution in [2.45, 2.75) is 10.1 Å². The zero-order valence-corrected chi connectivity index (χ0v) is 12.0. The molecule has 1 aromatic carbocycles. The Morgan fingerprint density at radius 2 is 2.14 bits per heavy atom. The molecule has 0 aliphatic carbocycles. The van der Waals surface area contributed by atoms with E-state index in [1.165, 1.54) is 18.9 Å². The molecule has 0 spiro atoms. The van der Waals surface area contributed by atoms with Gasteiger partial charge in [0, 0.05) is 16.8 Å². The van der Waals surface area contributed by atoms with Crippen LogP contribution < -0.4 is 5.73 Å². The summed E-state index contributed by atoms with van der Waals surface area (Å²) in [7, 11) is 1.34. The molecule has 2 N–H and O–H groups in total. The van der Waals surface area contributed by atoms with Crippen molar-refractivity contribution in [1.82, 2.24) is 14.6 Å². The number of pyridine rings is 1. The predicted molar refractivity (Wildman–Crippen MR) is 79.3 cm³/mol. The summed E-state index contributed by atoms with van der Waals surface area (Å²) in [4.78, 5) is 12.3. The number of aromatic nitrogens is 3. The fourth-order valence-electron chi connectivity index (χ4n) is 1.87. The van der Waals surface area contributed by atoms with E-state index in [0.717, 1.165) is 10.5 Å². The van der Waals surface area contributed by atoms with Gasteiger partial charge < -0.3 is 10.5 Å². The Balaban J connectivity index is 1.93. The Kier molecular flexibility index (Phi) is 3.49. The molecule has 0 unspecified atom stereocenters. The number of hydrogen-bond acceptors (Lipinski definition) is 6. The van der Waals surface area contributed by atoms with Crippen molar-refractivity contribution in [3.8, 4) is 0 Å². The second-order valence-corrected chi connectivity index (χ2v) is 5.27. The molecule has 2 aromatic heterocycles. The summed E-state index contributed by atoms with van der Waals surface area (Å²) in [5.74, 6) is -0.411. The van der Waals surface area contributed by atoms with Crippen LogP contribution in [0, 0.1) is 0 Å². The van der Waals surface area contributed by atoms with Crippen LogP contribution >= 0.6 is 11.8 Å². The van der Waals surface area contributed by atoms with Crippen LogP contribution in [0.4, 0.5) is 5.69 Å². The minimum atomic E-state index is -0.411. The van der Waals surface area contributed by atoms with Gasteiger partial charge in [0.25, 0.3) is 0 Å². The van der Waals surface area contributed by atoms with Gasteiger partial charge in [0.05, 0.1) is 12.7 Å². The smallest absolute Gasteiger partial charge is 0.337 e. The largest absolute Gasteiger partial charge is 0.465 e. The quantitative estimate of drug-likeness (QED) is 0.590. The number of nitrogen functional groups attached to an aromatic ring is 1. The van der Waals surface area contributed by atoms with Crippen LogP contribution in [0.3, 0.4) is 0 Å². The SMILES string of the molecule is COC(=O)c1ccc(Sc2nnc3ccccn23)c(N)c1. The molecule has 6 nitrogen and oxygen atoms in total. The highest BCUT2D eigenvalue weighted by Crippen LogP contribution is 2.31. The summed E-state index contributed by atoms with van der Waals surface area (Å²) in [6.45, 7) is 0. The first-order valence-electron chi connectivity index (χ1n) is 6.14. The minimum absolute atomic E-state index is 0.411. The summed E-state index contributed by atoms with van der Waals surface area (Å²) >= 11 is 1.39. The van der Waals surface area contributed by atoms with Crippen LogP contribution in [0.15, 0.2) is 52.6 Å². The Bertz CT molecular complexity index is 816. The zero-order chi connectivity index (χ0) is 14.8. The number of benzene rings is 1. The van der Waals surface area contributed by atoms with Crippen LogP contribution in [0.25, 0.3) is 5.65 Å². The van der Waals surface area contributed by atoms with E-state index in [-0.39, 0.29) is 0 Å². The van der Waals surface area contributed by atoms with Gasteiger partial charge in [-0.3, -0.25) is 4.40 Å². The number of nitrogens with two attached hydrogens (primary N) is 1. The van der Waals surface area contributed by atoms with Crippen molar-refractivity contribution in [2.24, 2.45) is 0 Å². The molecule has 0 aliphatic rings. The molecule has 7 heteroatoms. The molecule has 0 saturated heterocycles. The monoisotopic (exact) mass is 300 g/mol. The molecular formula is C14H12N4O2S. The predicted octanol–water partition coefficient (Wildman–Crippen LogP) is 2.25. The van der Waals surface area contributed by atoms with E-state index in [1.807, 2.05) is 28.8 Å². The summed E-state index contributed by atoms with van der Waals surface area (Å²) in [5, 5.41) is 8.93. The number of carbonyl (C=O) groups excluding carboxylic acids is 1. The molecule has 0 amide bonds. The van der Waals surface area contributed by atoms with E-state index < -0.39 is 5.97 Å². The van der Waals surface area contributed by atoms with Gasteiger partial charge in [-0.25, -0.2) is 4.79 Å². The van der Waals surface area contributed by atoms with Crippen LogP contribution in [-0.2, 0) is 4.74 Å². The fourth-order valence-corrected chi connectivity index (χ4v) is 2.72. The number of anilines is 1. The number of fused-ring (bicyclic) bond motifs is 1. The molecule has 0 bridgehead atoms. The Hall–Kier alpha value is -2.54. The van der Waals surface area contributed by atoms with E-state index in [0.29, 0.717) is 16.4 Å². The van der Waals surface area contributed by atoms with Gasteiger partial charge in [-0.1, -0.05) is 6.07 Å². The number of esters is 1. The minimum Gasteiger partial charge on any atom is -0.465 e. The van der Waals surface area contributed by atoms with Gasteiger partial charge in [0.1, 0.15) is 0 Å². The average molecular weight is 300 g/mol. The third-order valence-electron chi connectivity index (χ3n) is 2.91. The van der Waals surface area contributed by atoms with Gasteiger partial charge in [0.15, 0.2) is 10.8 Å². The van der Waals surface area contributed by atoms with Gasteiger partial charge in [-0.15, -0.1) is 10.2 Å². The van der Waals surface area contributed by atoms with Crippen molar-refractivity contribution in [3.05, 3.63) is 48.2 Å². The molecule has 2 heterocycles. The van der Waals surface area contributed by atoms with Gasteiger partial charge in [-0.2, -0.15) is 0 Å². The molecule has 3 rings (SSSR count). The second kappa shape index (κ2) is 5.45. The molecular weight excluding hydrogens is 288 g/mol. The number of methoxy groups -OCH3 is 1. The third-order valence-corrected chi connectivity index (χ3v) is 3.97. The first kappa shape index (κ1) is 13.4.